The molecule has 0 spiro atoms. The molecule has 1 saturated heterocycles. The first kappa shape index (κ1) is 21.9. The second-order valence-electron chi connectivity index (χ2n) is 7.68. The van der Waals surface area contributed by atoms with Crippen molar-refractivity contribution in [3.8, 4) is 11.4 Å². The van der Waals surface area contributed by atoms with Crippen molar-refractivity contribution < 1.29 is 9.59 Å². The van der Waals surface area contributed by atoms with Gasteiger partial charge in [-0.15, -0.1) is 0 Å². The molecule has 0 aliphatic carbocycles. The number of anilines is 1. The predicted octanol–water partition coefficient (Wildman–Crippen LogP) is 4.66. The van der Waals surface area contributed by atoms with Crippen molar-refractivity contribution in [2.75, 3.05) is 11.9 Å². The number of nitrogens with one attached hydrogen (secondary N) is 1. The molecule has 1 atom stereocenters. The first-order valence-corrected chi connectivity index (χ1v) is 11.1. The molecule has 1 N–H and O–H groups in total. The number of carbonyl (C=O) groups excluding carboxylic acids is 2. The van der Waals surface area contributed by atoms with Crippen LogP contribution in [0.2, 0.25) is 5.02 Å². The SMILES string of the molecule is O=C(CCCC(=O)N1CCC[C@H]1c1ccnc(-c2cccc(Cl)c2)n1)Nc1ccccn1. The van der Waals surface area contributed by atoms with Crippen LogP contribution in [0.1, 0.15) is 43.8 Å². The maximum atomic E-state index is 12.9. The monoisotopic (exact) mass is 449 g/mol. The fourth-order valence-electron chi connectivity index (χ4n) is 3.88. The maximum absolute atomic E-state index is 12.9. The number of benzene rings is 1. The van der Waals surface area contributed by atoms with E-state index in [-0.39, 0.29) is 24.3 Å². The van der Waals surface area contributed by atoms with Gasteiger partial charge in [0.2, 0.25) is 11.8 Å². The van der Waals surface area contributed by atoms with Crippen LogP contribution in [0.15, 0.2) is 60.9 Å². The summed E-state index contributed by atoms with van der Waals surface area (Å²) in [4.78, 5) is 40.0. The molecule has 32 heavy (non-hydrogen) atoms. The van der Waals surface area contributed by atoms with Crippen LogP contribution in [-0.4, -0.2) is 38.2 Å². The van der Waals surface area contributed by atoms with Crippen molar-refractivity contribution in [3.63, 3.8) is 0 Å². The third-order valence-corrected chi connectivity index (χ3v) is 5.64. The number of amides is 2. The number of rotatable bonds is 7. The molecular formula is C24H24ClN5O2. The molecule has 8 heteroatoms. The highest BCUT2D eigenvalue weighted by molar-refractivity contribution is 6.30. The first-order valence-electron chi connectivity index (χ1n) is 10.7. The number of hydrogen-bond donors (Lipinski definition) is 1. The molecule has 164 valence electrons. The summed E-state index contributed by atoms with van der Waals surface area (Å²) in [6.07, 6.45) is 6.20. The molecule has 3 aromatic rings. The van der Waals surface area contributed by atoms with Crippen LogP contribution in [0.5, 0.6) is 0 Å². The summed E-state index contributed by atoms with van der Waals surface area (Å²) in [5.74, 6) is 1.01. The Bertz CT molecular complexity index is 1090. The minimum atomic E-state index is -0.142. The van der Waals surface area contributed by atoms with Gasteiger partial charge >= 0.3 is 0 Å². The van der Waals surface area contributed by atoms with Gasteiger partial charge in [0.25, 0.3) is 0 Å². The molecule has 1 aromatic carbocycles. The second-order valence-corrected chi connectivity index (χ2v) is 8.11. The van der Waals surface area contributed by atoms with Crippen LogP contribution in [-0.2, 0) is 9.59 Å². The Morgan fingerprint density at radius 1 is 1.06 bits per heavy atom. The Balaban J connectivity index is 1.35. The van der Waals surface area contributed by atoms with Crippen LogP contribution >= 0.6 is 11.6 Å². The summed E-state index contributed by atoms with van der Waals surface area (Å²) in [6.45, 7) is 0.695. The average molecular weight is 450 g/mol. The minimum absolute atomic E-state index is 0.0426. The van der Waals surface area contributed by atoms with E-state index in [0.29, 0.717) is 36.1 Å². The van der Waals surface area contributed by atoms with Crippen molar-refractivity contribution in [2.24, 2.45) is 0 Å². The van der Waals surface area contributed by atoms with E-state index in [1.807, 2.05) is 41.3 Å². The summed E-state index contributed by atoms with van der Waals surface area (Å²) in [5.41, 5.74) is 1.67. The van der Waals surface area contributed by atoms with E-state index in [1.165, 1.54) is 0 Å². The van der Waals surface area contributed by atoms with Crippen LogP contribution < -0.4 is 5.32 Å². The molecule has 1 fully saturated rings. The van der Waals surface area contributed by atoms with Gasteiger partial charge in [-0.05, 0) is 49.6 Å². The number of carbonyl (C=O) groups is 2. The Hall–Kier alpha value is -3.32. The summed E-state index contributed by atoms with van der Waals surface area (Å²) in [5, 5.41) is 3.37. The summed E-state index contributed by atoms with van der Waals surface area (Å²) in [6, 6.07) is 14.5. The minimum Gasteiger partial charge on any atom is -0.334 e. The van der Waals surface area contributed by atoms with E-state index in [9.17, 15) is 9.59 Å². The summed E-state index contributed by atoms with van der Waals surface area (Å²) in [7, 11) is 0. The topological polar surface area (TPSA) is 88.1 Å². The molecule has 1 aliphatic heterocycles. The lowest BCUT2D eigenvalue weighted by Crippen LogP contribution is -2.31. The van der Waals surface area contributed by atoms with Gasteiger partial charge in [-0.1, -0.05) is 29.8 Å². The van der Waals surface area contributed by atoms with Crippen LogP contribution in [0.3, 0.4) is 0 Å². The van der Waals surface area contributed by atoms with Crippen LogP contribution in [0.4, 0.5) is 5.82 Å². The van der Waals surface area contributed by atoms with Crippen molar-refractivity contribution in [2.45, 2.75) is 38.1 Å². The molecule has 2 amide bonds. The van der Waals surface area contributed by atoms with Gasteiger partial charge in [0.15, 0.2) is 5.82 Å². The number of pyridine rings is 1. The average Bonchev–Trinajstić information content (AvgIpc) is 3.30. The van der Waals surface area contributed by atoms with Gasteiger partial charge in [0.05, 0.1) is 11.7 Å². The molecule has 0 unspecified atom stereocenters. The number of hydrogen-bond acceptors (Lipinski definition) is 5. The van der Waals surface area contributed by atoms with Gasteiger partial charge in [-0.3, -0.25) is 9.59 Å². The molecule has 0 radical (unpaired) electrons. The lowest BCUT2D eigenvalue weighted by Gasteiger charge is -2.24. The molecule has 1 aliphatic rings. The highest BCUT2D eigenvalue weighted by Gasteiger charge is 2.30. The van der Waals surface area contributed by atoms with E-state index < -0.39 is 0 Å². The third kappa shape index (κ3) is 5.48. The van der Waals surface area contributed by atoms with Gasteiger partial charge in [0.1, 0.15) is 5.82 Å². The molecule has 7 nitrogen and oxygen atoms in total. The molecule has 2 aromatic heterocycles. The lowest BCUT2D eigenvalue weighted by molar-refractivity contribution is -0.132. The van der Waals surface area contributed by atoms with Crippen molar-refractivity contribution in [1.82, 2.24) is 19.9 Å². The molecule has 4 rings (SSSR count). The van der Waals surface area contributed by atoms with E-state index in [2.05, 4.69) is 15.3 Å². The van der Waals surface area contributed by atoms with E-state index in [1.54, 1.807) is 24.5 Å². The quantitative estimate of drug-likeness (QED) is 0.566. The third-order valence-electron chi connectivity index (χ3n) is 5.40. The Labute approximate surface area is 191 Å². The fourth-order valence-corrected chi connectivity index (χ4v) is 4.07. The van der Waals surface area contributed by atoms with Crippen molar-refractivity contribution >= 4 is 29.2 Å². The standard InChI is InChI=1S/C24H24ClN5O2/c25-18-7-3-6-17(16-18)24-27-14-12-19(28-24)20-8-5-15-30(20)23(32)11-4-10-22(31)29-21-9-1-2-13-26-21/h1-3,6-7,9,12-14,16,20H,4-5,8,10-11,15H2,(H,26,29,31)/t20-/m0/s1. The number of halogens is 1. The van der Waals surface area contributed by atoms with E-state index in [4.69, 9.17) is 16.6 Å². The normalized spacial score (nSPS) is 15.5. The van der Waals surface area contributed by atoms with Gasteiger partial charge in [-0.2, -0.15) is 0 Å². The fraction of sp³-hybridized carbons (Fsp3) is 0.292. The van der Waals surface area contributed by atoms with Crippen LogP contribution in [0, 0.1) is 0 Å². The first-order chi connectivity index (χ1) is 15.6. The Kier molecular flexibility index (Phi) is 7.07. The zero-order chi connectivity index (χ0) is 22.3. The van der Waals surface area contributed by atoms with Gasteiger partial charge < -0.3 is 10.2 Å². The van der Waals surface area contributed by atoms with Crippen molar-refractivity contribution in [1.29, 1.82) is 0 Å². The molecule has 0 bridgehead atoms. The lowest BCUT2D eigenvalue weighted by atomic mass is 10.1. The van der Waals surface area contributed by atoms with E-state index in [0.717, 1.165) is 24.1 Å². The maximum Gasteiger partial charge on any atom is 0.225 e. The number of nitrogens with zero attached hydrogens (tertiary/aromatic N) is 4. The van der Waals surface area contributed by atoms with Crippen molar-refractivity contribution in [3.05, 3.63) is 71.6 Å². The number of likely N-dealkylation sites (tertiary alicyclic amines) is 1. The molecule has 3 heterocycles. The summed E-state index contributed by atoms with van der Waals surface area (Å²) < 4.78 is 0. The van der Waals surface area contributed by atoms with E-state index >= 15 is 0 Å². The number of aromatic nitrogens is 3. The molecule has 0 saturated carbocycles. The zero-order valence-electron chi connectivity index (χ0n) is 17.6. The zero-order valence-corrected chi connectivity index (χ0v) is 18.3. The largest absolute Gasteiger partial charge is 0.334 e. The Morgan fingerprint density at radius 2 is 1.97 bits per heavy atom. The second kappa shape index (κ2) is 10.3. The van der Waals surface area contributed by atoms with Gasteiger partial charge in [0, 0.05) is 42.4 Å². The highest BCUT2D eigenvalue weighted by Crippen LogP contribution is 2.32. The van der Waals surface area contributed by atoms with Crippen LogP contribution in [0.25, 0.3) is 11.4 Å². The smallest absolute Gasteiger partial charge is 0.225 e. The molecular weight excluding hydrogens is 426 g/mol. The highest BCUT2D eigenvalue weighted by atomic mass is 35.5. The Morgan fingerprint density at radius 3 is 2.78 bits per heavy atom. The predicted molar refractivity (Wildman–Crippen MR) is 123 cm³/mol. The summed E-state index contributed by atoms with van der Waals surface area (Å²) >= 11 is 6.10. The van der Waals surface area contributed by atoms with Gasteiger partial charge in [-0.25, -0.2) is 15.0 Å².